The molecular weight excluding hydrogens is 276 g/mol. The Balaban J connectivity index is 3.61. The van der Waals surface area contributed by atoms with Gasteiger partial charge in [0.15, 0.2) is 0 Å². The van der Waals surface area contributed by atoms with Gasteiger partial charge in [-0.2, -0.15) is 0 Å². The SMILES string of the molecule is C=C(Br)CNC(=O)NC(C)CCCC(=O)O. The molecule has 0 aromatic rings. The Hall–Kier alpha value is -1.04. The van der Waals surface area contributed by atoms with E-state index in [1.165, 1.54) is 0 Å². The Bertz CT molecular complexity index is 269. The van der Waals surface area contributed by atoms with Gasteiger partial charge in [-0.1, -0.05) is 22.5 Å². The van der Waals surface area contributed by atoms with Gasteiger partial charge in [0.05, 0.1) is 6.54 Å². The lowest BCUT2D eigenvalue weighted by atomic mass is 10.1. The van der Waals surface area contributed by atoms with Gasteiger partial charge < -0.3 is 15.7 Å². The van der Waals surface area contributed by atoms with Crippen molar-refractivity contribution in [3.8, 4) is 0 Å². The second kappa shape index (κ2) is 8.15. The number of hydrogen-bond acceptors (Lipinski definition) is 2. The second-order valence-corrected chi connectivity index (χ2v) is 4.65. The largest absolute Gasteiger partial charge is 0.481 e. The Morgan fingerprint density at radius 3 is 2.62 bits per heavy atom. The third-order valence-corrected chi connectivity index (χ3v) is 2.13. The monoisotopic (exact) mass is 292 g/mol. The number of halogens is 1. The molecule has 0 aliphatic heterocycles. The standard InChI is InChI=1S/C10H17BrN2O3/c1-7(11)6-12-10(16)13-8(2)4-3-5-9(14)15/h8H,1,3-6H2,2H3,(H,14,15)(H2,12,13,16). The molecule has 0 spiro atoms. The van der Waals surface area contributed by atoms with Gasteiger partial charge in [-0.15, -0.1) is 0 Å². The lowest BCUT2D eigenvalue weighted by Crippen LogP contribution is -2.41. The molecule has 6 heteroatoms. The summed E-state index contributed by atoms with van der Waals surface area (Å²) in [5, 5.41) is 13.7. The maximum Gasteiger partial charge on any atom is 0.315 e. The van der Waals surface area contributed by atoms with Crippen LogP contribution in [0.25, 0.3) is 0 Å². The molecule has 0 bridgehead atoms. The van der Waals surface area contributed by atoms with Crippen molar-refractivity contribution >= 4 is 27.9 Å². The number of aliphatic carboxylic acids is 1. The Morgan fingerprint density at radius 2 is 2.12 bits per heavy atom. The van der Waals surface area contributed by atoms with Crippen LogP contribution in [0.5, 0.6) is 0 Å². The fourth-order valence-corrected chi connectivity index (χ4v) is 1.22. The molecule has 0 aromatic carbocycles. The number of carbonyl (C=O) groups is 2. The summed E-state index contributed by atoms with van der Waals surface area (Å²) >= 11 is 3.12. The smallest absolute Gasteiger partial charge is 0.315 e. The van der Waals surface area contributed by atoms with E-state index in [1.54, 1.807) is 0 Å². The molecule has 0 rings (SSSR count). The minimum Gasteiger partial charge on any atom is -0.481 e. The van der Waals surface area contributed by atoms with Crippen molar-refractivity contribution in [1.29, 1.82) is 0 Å². The quantitative estimate of drug-likeness (QED) is 0.670. The van der Waals surface area contributed by atoms with Crippen LogP contribution in [0, 0.1) is 0 Å². The molecule has 0 heterocycles. The van der Waals surface area contributed by atoms with Gasteiger partial charge in [-0.25, -0.2) is 4.79 Å². The number of carboxylic acids is 1. The van der Waals surface area contributed by atoms with Crippen LogP contribution < -0.4 is 10.6 Å². The zero-order chi connectivity index (χ0) is 12.6. The van der Waals surface area contributed by atoms with E-state index < -0.39 is 5.97 Å². The van der Waals surface area contributed by atoms with Crippen LogP contribution in [-0.4, -0.2) is 29.7 Å². The summed E-state index contributed by atoms with van der Waals surface area (Å²) in [6.45, 7) is 5.79. The van der Waals surface area contributed by atoms with Crippen LogP contribution in [0.4, 0.5) is 4.79 Å². The van der Waals surface area contributed by atoms with Crippen LogP contribution in [0.3, 0.4) is 0 Å². The molecule has 0 aliphatic rings. The normalized spacial score (nSPS) is 11.6. The first kappa shape index (κ1) is 15.0. The summed E-state index contributed by atoms with van der Waals surface area (Å²) in [5.41, 5.74) is 0. The van der Waals surface area contributed by atoms with E-state index in [-0.39, 0.29) is 18.5 Å². The van der Waals surface area contributed by atoms with Crippen molar-refractivity contribution in [3.63, 3.8) is 0 Å². The predicted octanol–water partition coefficient (Wildman–Crippen LogP) is 1.84. The summed E-state index contributed by atoms with van der Waals surface area (Å²) in [7, 11) is 0. The third kappa shape index (κ3) is 9.51. The Kier molecular flexibility index (Phi) is 7.62. The van der Waals surface area contributed by atoms with Gasteiger partial charge in [-0.3, -0.25) is 4.79 Å². The third-order valence-electron chi connectivity index (χ3n) is 1.85. The maximum atomic E-state index is 11.3. The van der Waals surface area contributed by atoms with Gasteiger partial charge in [0.1, 0.15) is 0 Å². The number of rotatable bonds is 7. The van der Waals surface area contributed by atoms with Gasteiger partial charge >= 0.3 is 12.0 Å². The lowest BCUT2D eigenvalue weighted by molar-refractivity contribution is -0.137. The van der Waals surface area contributed by atoms with Crippen molar-refractivity contribution in [1.82, 2.24) is 10.6 Å². The van der Waals surface area contributed by atoms with Gasteiger partial charge in [0.2, 0.25) is 0 Å². The predicted molar refractivity (Wildman–Crippen MR) is 65.6 cm³/mol. The van der Waals surface area contributed by atoms with Crippen LogP contribution in [-0.2, 0) is 4.79 Å². The zero-order valence-electron chi connectivity index (χ0n) is 9.25. The molecule has 5 nitrogen and oxygen atoms in total. The molecule has 1 atom stereocenters. The molecule has 0 aliphatic carbocycles. The summed E-state index contributed by atoms with van der Waals surface area (Å²) in [6.07, 6.45) is 1.34. The fraction of sp³-hybridized carbons (Fsp3) is 0.600. The average Bonchev–Trinajstić information content (AvgIpc) is 2.14. The topological polar surface area (TPSA) is 78.4 Å². The lowest BCUT2D eigenvalue weighted by Gasteiger charge is -2.13. The average molecular weight is 293 g/mol. The zero-order valence-corrected chi connectivity index (χ0v) is 10.8. The van der Waals surface area contributed by atoms with Crippen molar-refractivity contribution in [2.24, 2.45) is 0 Å². The highest BCUT2D eigenvalue weighted by Gasteiger charge is 2.07. The van der Waals surface area contributed by atoms with Gasteiger partial charge in [0, 0.05) is 16.9 Å². The summed E-state index contributed by atoms with van der Waals surface area (Å²) < 4.78 is 0.696. The molecule has 0 fully saturated rings. The molecule has 0 radical (unpaired) electrons. The molecule has 92 valence electrons. The highest BCUT2D eigenvalue weighted by molar-refractivity contribution is 9.11. The van der Waals surface area contributed by atoms with Crippen molar-refractivity contribution < 1.29 is 14.7 Å². The van der Waals surface area contributed by atoms with Gasteiger partial charge in [0.25, 0.3) is 0 Å². The molecule has 1 unspecified atom stereocenters. The highest BCUT2D eigenvalue weighted by atomic mass is 79.9. The van der Waals surface area contributed by atoms with E-state index in [0.717, 1.165) is 0 Å². The summed E-state index contributed by atoms with van der Waals surface area (Å²) in [6, 6.07) is -0.314. The molecule has 16 heavy (non-hydrogen) atoms. The number of hydrogen-bond donors (Lipinski definition) is 3. The minimum absolute atomic E-state index is 0.0389. The molecular formula is C10H17BrN2O3. The molecule has 0 saturated carbocycles. The van der Waals surface area contributed by atoms with E-state index in [1.807, 2.05) is 6.92 Å². The molecule has 0 saturated heterocycles. The molecule has 2 amide bonds. The van der Waals surface area contributed by atoms with Crippen LogP contribution in [0.15, 0.2) is 11.1 Å². The first-order chi connectivity index (χ1) is 7.41. The Labute approximate surface area is 103 Å². The number of carbonyl (C=O) groups excluding carboxylic acids is 1. The van der Waals surface area contributed by atoms with E-state index in [4.69, 9.17) is 5.11 Å². The van der Waals surface area contributed by atoms with E-state index in [2.05, 4.69) is 33.1 Å². The second-order valence-electron chi connectivity index (χ2n) is 3.53. The van der Waals surface area contributed by atoms with Gasteiger partial charge in [-0.05, 0) is 19.8 Å². The van der Waals surface area contributed by atoms with E-state index in [9.17, 15) is 9.59 Å². The van der Waals surface area contributed by atoms with Crippen LogP contribution in [0.2, 0.25) is 0 Å². The number of urea groups is 1. The summed E-state index contributed by atoms with van der Waals surface area (Å²) in [4.78, 5) is 21.5. The highest BCUT2D eigenvalue weighted by Crippen LogP contribution is 2.00. The molecule has 3 N–H and O–H groups in total. The van der Waals surface area contributed by atoms with Crippen molar-refractivity contribution in [2.45, 2.75) is 32.2 Å². The number of carboxylic acid groups (broad SMARTS) is 1. The van der Waals surface area contributed by atoms with E-state index in [0.29, 0.717) is 23.9 Å². The maximum absolute atomic E-state index is 11.3. The first-order valence-electron chi connectivity index (χ1n) is 5.01. The fourth-order valence-electron chi connectivity index (χ4n) is 1.08. The number of amides is 2. The minimum atomic E-state index is -0.813. The first-order valence-corrected chi connectivity index (χ1v) is 5.80. The van der Waals surface area contributed by atoms with Crippen molar-refractivity contribution in [3.05, 3.63) is 11.1 Å². The number of nitrogens with one attached hydrogen (secondary N) is 2. The molecule has 0 aromatic heterocycles. The summed E-state index contributed by atoms with van der Waals surface area (Å²) in [5.74, 6) is -0.813. The van der Waals surface area contributed by atoms with Crippen LogP contribution >= 0.6 is 15.9 Å². The van der Waals surface area contributed by atoms with Crippen LogP contribution in [0.1, 0.15) is 26.2 Å². The van der Waals surface area contributed by atoms with E-state index >= 15 is 0 Å². The Morgan fingerprint density at radius 1 is 1.50 bits per heavy atom. The van der Waals surface area contributed by atoms with Crippen molar-refractivity contribution in [2.75, 3.05) is 6.54 Å².